The summed E-state index contributed by atoms with van der Waals surface area (Å²) in [6.45, 7) is 0.392. The molecule has 1 unspecified atom stereocenters. The first-order chi connectivity index (χ1) is 16.1. The largest absolute Gasteiger partial charge is 0.497 e. The van der Waals surface area contributed by atoms with E-state index in [1.54, 1.807) is 25.2 Å². The first-order valence-corrected chi connectivity index (χ1v) is 10.8. The van der Waals surface area contributed by atoms with Gasteiger partial charge in [0.05, 0.1) is 27.2 Å². The van der Waals surface area contributed by atoms with Crippen molar-refractivity contribution in [1.29, 1.82) is 0 Å². The van der Waals surface area contributed by atoms with Crippen molar-refractivity contribution in [3.05, 3.63) is 95.6 Å². The van der Waals surface area contributed by atoms with E-state index in [2.05, 4.69) is 0 Å². The van der Waals surface area contributed by atoms with Crippen molar-refractivity contribution < 1.29 is 23.8 Å². The van der Waals surface area contributed by atoms with E-state index in [0.29, 0.717) is 17.9 Å². The summed E-state index contributed by atoms with van der Waals surface area (Å²) in [5.41, 5.74) is 1.58. The highest BCUT2D eigenvalue weighted by Crippen LogP contribution is 2.40. The van der Waals surface area contributed by atoms with Crippen LogP contribution in [0.4, 0.5) is 0 Å². The second-order valence-corrected chi connectivity index (χ2v) is 8.09. The van der Waals surface area contributed by atoms with E-state index in [1.165, 1.54) is 0 Å². The number of methoxy groups -OCH3 is 2. The quantitative estimate of drug-likeness (QED) is 0.366. The van der Waals surface area contributed by atoms with Crippen molar-refractivity contribution >= 4 is 11.9 Å². The van der Waals surface area contributed by atoms with E-state index >= 15 is 0 Å². The van der Waals surface area contributed by atoms with E-state index in [1.807, 2.05) is 72.8 Å². The average molecular weight is 446 g/mol. The van der Waals surface area contributed by atoms with Crippen LogP contribution in [0.25, 0.3) is 0 Å². The van der Waals surface area contributed by atoms with E-state index < -0.39 is 11.5 Å². The molecule has 3 aromatic carbocycles. The Hall–Kier alpha value is -3.80. The standard InChI is InChI=1S/C27H27NO5/c1-31-23-14-13-22(24(15-23)32-2)18-28-25(29)17-27(28,16-20-9-5-3-6-10-20)26(30)33-19-21-11-7-4-8-12-21/h3-15H,16-19H2,1-2H3. The van der Waals surface area contributed by atoms with Gasteiger partial charge in [-0.3, -0.25) is 4.79 Å². The Morgan fingerprint density at radius 3 is 2.18 bits per heavy atom. The third-order valence-electron chi connectivity index (χ3n) is 6.02. The zero-order valence-corrected chi connectivity index (χ0v) is 18.8. The summed E-state index contributed by atoms with van der Waals surface area (Å²) in [6, 6.07) is 24.7. The van der Waals surface area contributed by atoms with Gasteiger partial charge in [0.1, 0.15) is 18.1 Å². The Kier molecular flexibility index (Phi) is 6.63. The lowest BCUT2D eigenvalue weighted by Crippen LogP contribution is -2.68. The zero-order chi connectivity index (χ0) is 23.3. The number of ether oxygens (including phenoxy) is 3. The summed E-state index contributed by atoms with van der Waals surface area (Å²) < 4.78 is 16.5. The first-order valence-electron chi connectivity index (χ1n) is 10.8. The molecule has 1 aliphatic rings. The summed E-state index contributed by atoms with van der Waals surface area (Å²) in [7, 11) is 3.16. The van der Waals surface area contributed by atoms with Gasteiger partial charge in [0, 0.05) is 18.1 Å². The monoisotopic (exact) mass is 445 g/mol. The summed E-state index contributed by atoms with van der Waals surface area (Å²) in [4.78, 5) is 27.9. The molecule has 1 atom stereocenters. The Balaban J connectivity index is 1.62. The topological polar surface area (TPSA) is 65.1 Å². The average Bonchev–Trinajstić information content (AvgIpc) is 2.86. The molecule has 0 spiro atoms. The molecule has 0 N–H and O–H groups in total. The molecule has 3 aromatic rings. The van der Waals surface area contributed by atoms with Gasteiger partial charge in [-0.1, -0.05) is 60.7 Å². The Bertz CT molecular complexity index is 1120. The molecule has 1 aliphatic heterocycles. The summed E-state index contributed by atoms with van der Waals surface area (Å²) in [5.74, 6) is 0.756. The van der Waals surface area contributed by atoms with Crippen molar-refractivity contribution in [2.24, 2.45) is 0 Å². The predicted octanol–water partition coefficient (Wildman–Crippen LogP) is 4.16. The van der Waals surface area contributed by atoms with Gasteiger partial charge in [-0.2, -0.15) is 0 Å². The number of likely N-dealkylation sites (tertiary alicyclic amines) is 1. The first kappa shape index (κ1) is 22.4. The highest BCUT2D eigenvalue weighted by molar-refractivity contribution is 5.99. The Morgan fingerprint density at radius 2 is 1.58 bits per heavy atom. The third-order valence-corrected chi connectivity index (χ3v) is 6.02. The molecule has 1 amide bonds. The summed E-state index contributed by atoms with van der Waals surface area (Å²) in [5, 5.41) is 0. The number of esters is 1. The molecule has 170 valence electrons. The third kappa shape index (κ3) is 4.70. The fourth-order valence-electron chi connectivity index (χ4n) is 4.18. The molecule has 0 aromatic heterocycles. The molecule has 1 fully saturated rings. The van der Waals surface area contributed by atoms with Crippen molar-refractivity contribution in [2.45, 2.75) is 31.5 Å². The van der Waals surface area contributed by atoms with Gasteiger partial charge in [0.25, 0.3) is 0 Å². The maximum absolute atomic E-state index is 13.5. The number of carbonyl (C=O) groups excluding carboxylic acids is 2. The lowest BCUT2D eigenvalue weighted by Gasteiger charge is -2.50. The van der Waals surface area contributed by atoms with Gasteiger partial charge < -0.3 is 19.1 Å². The van der Waals surface area contributed by atoms with Crippen molar-refractivity contribution in [3.63, 3.8) is 0 Å². The lowest BCUT2D eigenvalue weighted by molar-refractivity contribution is -0.182. The number of amides is 1. The van der Waals surface area contributed by atoms with Crippen LogP contribution in [-0.2, 0) is 33.9 Å². The molecule has 0 bridgehead atoms. The lowest BCUT2D eigenvalue weighted by atomic mass is 9.78. The second-order valence-electron chi connectivity index (χ2n) is 8.09. The van der Waals surface area contributed by atoms with Crippen LogP contribution in [0.5, 0.6) is 11.5 Å². The van der Waals surface area contributed by atoms with Crippen LogP contribution in [0.2, 0.25) is 0 Å². The Morgan fingerprint density at radius 1 is 0.909 bits per heavy atom. The fraction of sp³-hybridized carbons (Fsp3) is 0.259. The minimum absolute atomic E-state index is 0.0968. The van der Waals surface area contributed by atoms with Crippen LogP contribution in [0, 0.1) is 0 Å². The van der Waals surface area contributed by atoms with E-state index in [0.717, 1.165) is 16.7 Å². The molecule has 1 heterocycles. The van der Waals surface area contributed by atoms with Gasteiger partial charge in [-0.25, -0.2) is 4.79 Å². The molecule has 1 saturated heterocycles. The van der Waals surface area contributed by atoms with Gasteiger partial charge >= 0.3 is 5.97 Å². The van der Waals surface area contributed by atoms with Crippen molar-refractivity contribution in [2.75, 3.05) is 14.2 Å². The molecule has 4 rings (SSSR count). The molecular formula is C27H27NO5. The highest BCUT2D eigenvalue weighted by atomic mass is 16.5. The molecule has 0 aliphatic carbocycles. The van der Waals surface area contributed by atoms with E-state index in [4.69, 9.17) is 14.2 Å². The van der Waals surface area contributed by atoms with Crippen LogP contribution in [0.1, 0.15) is 23.1 Å². The molecular weight excluding hydrogens is 418 g/mol. The minimum atomic E-state index is -1.07. The molecule has 0 saturated carbocycles. The molecule has 0 radical (unpaired) electrons. The number of hydrogen-bond acceptors (Lipinski definition) is 5. The number of rotatable bonds is 9. The zero-order valence-electron chi connectivity index (χ0n) is 18.8. The van der Waals surface area contributed by atoms with Gasteiger partial charge in [-0.15, -0.1) is 0 Å². The molecule has 6 heteroatoms. The van der Waals surface area contributed by atoms with Crippen LogP contribution >= 0.6 is 0 Å². The number of carbonyl (C=O) groups is 2. The van der Waals surface area contributed by atoms with Crippen molar-refractivity contribution in [3.8, 4) is 11.5 Å². The Labute approximate surface area is 193 Å². The van der Waals surface area contributed by atoms with E-state index in [-0.39, 0.29) is 25.5 Å². The van der Waals surface area contributed by atoms with Gasteiger partial charge in [0.2, 0.25) is 5.91 Å². The van der Waals surface area contributed by atoms with Crippen LogP contribution < -0.4 is 9.47 Å². The number of β-lactam (4-membered cyclic amide) rings is 1. The number of benzene rings is 3. The fourth-order valence-corrected chi connectivity index (χ4v) is 4.18. The SMILES string of the molecule is COc1ccc(CN2C(=O)CC2(Cc2ccccc2)C(=O)OCc2ccccc2)c(OC)c1. The molecule has 6 nitrogen and oxygen atoms in total. The smallest absolute Gasteiger partial charge is 0.333 e. The second kappa shape index (κ2) is 9.77. The minimum Gasteiger partial charge on any atom is -0.497 e. The van der Waals surface area contributed by atoms with Gasteiger partial charge in [0.15, 0.2) is 5.54 Å². The highest BCUT2D eigenvalue weighted by Gasteiger charge is 2.57. The summed E-state index contributed by atoms with van der Waals surface area (Å²) in [6.07, 6.45) is 0.486. The maximum atomic E-state index is 13.5. The van der Waals surface area contributed by atoms with Gasteiger partial charge in [-0.05, 0) is 23.3 Å². The predicted molar refractivity (Wildman–Crippen MR) is 124 cm³/mol. The van der Waals surface area contributed by atoms with Crippen LogP contribution in [0.15, 0.2) is 78.9 Å². The normalized spacial score (nSPS) is 17.3. The summed E-state index contributed by atoms with van der Waals surface area (Å²) >= 11 is 0. The van der Waals surface area contributed by atoms with E-state index in [9.17, 15) is 9.59 Å². The molecule has 33 heavy (non-hydrogen) atoms. The van der Waals surface area contributed by atoms with Crippen LogP contribution in [-0.4, -0.2) is 36.5 Å². The van der Waals surface area contributed by atoms with Crippen molar-refractivity contribution in [1.82, 2.24) is 4.90 Å². The number of nitrogens with zero attached hydrogens (tertiary/aromatic N) is 1. The van der Waals surface area contributed by atoms with Crippen LogP contribution in [0.3, 0.4) is 0 Å². The number of hydrogen-bond donors (Lipinski definition) is 0. The maximum Gasteiger partial charge on any atom is 0.333 e.